The van der Waals surface area contributed by atoms with Gasteiger partial charge in [0.1, 0.15) is 0 Å². The molecule has 0 aliphatic rings. The second-order valence-corrected chi connectivity index (χ2v) is 8.80. The van der Waals surface area contributed by atoms with Gasteiger partial charge in [-0.05, 0) is 54.4 Å². The molecule has 7 nitrogen and oxygen atoms in total. The minimum absolute atomic E-state index is 0.0197. The number of nitrogens with zero attached hydrogens (tertiary/aromatic N) is 5. The molecule has 5 aromatic rings. The van der Waals surface area contributed by atoms with Crippen molar-refractivity contribution in [3.63, 3.8) is 0 Å². The average molecular weight is 424 g/mol. The van der Waals surface area contributed by atoms with Gasteiger partial charge < -0.3 is 0 Å². The van der Waals surface area contributed by atoms with Crippen molar-refractivity contribution in [3.05, 3.63) is 78.1 Å². The Morgan fingerprint density at radius 1 is 1.07 bits per heavy atom. The molecule has 0 amide bonds. The summed E-state index contributed by atoms with van der Waals surface area (Å²) >= 11 is 5.98. The first-order valence-corrected chi connectivity index (χ1v) is 10.5. The van der Waals surface area contributed by atoms with Gasteiger partial charge in [0.2, 0.25) is 5.28 Å². The fourth-order valence-electron chi connectivity index (χ4n) is 3.28. The summed E-state index contributed by atoms with van der Waals surface area (Å²) in [5, 5.41) is 4.76. The Hall–Kier alpha value is -3.23. The highest BCUT2D eigenvalue weighted by atomic mass is 35.5. The fraction of sp³-hybridized carbons (Fsp3) is 0.0500. The molecule has 5 rings (SSSR count). The standard InChI is InChI=1S/C20H14ClN5O2S/c1-13-2-4-16(5-3-13)29(27,28)26-12-18(17-11-22-20(21)24-19(17)26)14-7-9-25-15(10-14)6-8-23-25/h2-12H,1H3. The van der Waals surface area contributed by atoms with E-state index in [1.807, 2.05) is 31.3 Å². The third-order valence-corrected chi connectivity index (χ3v) is 6.62. The maximum atomic E-state index is 13.3. The average Bonchev–Trinajstić information content (AvgIpc) is 3.32. The van der Waals surface area contributed by atoms with Crippen LogP contribution in [0.15, 0.2) is 72.1 Å². The van der Waals surface area contributed by atoms with Gasteiger partial charge in [0.05, 0.1) is 10.4 Å². The fourth-order valence-corrected chi connectivity index (χ4v) is 4.73. The number of hydrogen-bond donors (Lipinski definition) is 0. The van der Waals surface area contributed by atoms with Crippen LogP contribution in [0.25, 0.3) is 27.7 Å². The molecule has 0 radical (unpaired) electrons. The van der Waals surface area contributed by atoms with Gasteiger partial charge in [0.25, 0.3) is 10.0 Å². The van der Waals surface area contributed by atoms with Crippen LogP contribution in [0.5, 0.6) is 0 Å². The van der Waals surface area contributed by atoms with Crippen molar-refractivity contribution in [1.82, 2.24) is 23.6 Å². The summed E-state index contributed by atoms with van der Waals surface area (Å²) in [6.45, 7) is 1.90. The monoisotopic (exact) mass is 423 g/mol. The first-order chi connectivity index (χ1) is 13.9. The van der Waals surface area contributed by atoms with Gasteiger partial charge >= 0.3 is 0 Å². The van der Waals surface area contributed by atoms with Gasteiger partial charge in [-0.1, -0.05) is 17.7 Å². The molecule has 4 heterocycles. The Morgan fingerprint density at radius 3 is 2.66 bits per heavy atom. The minimum Gasteiger partial charge on any atom is -0.241 e. The van der Waals surface area contributed by atoms with Gasteiger partial charge in [-0.15, -0.1) is 0 Å². The highest BCUT2D eigenvalue weighted by Crippen LogP contribution is 2.33. The number of fused-ring (bicyclic) bond motifs is 2. The summed E-state index contributed by atoms with van der Waals surface area (Å²) in [5.74, 6) is 0. The summed E-state index contributed by atoms with van der Waals surface area (Å²) in [6.07, 6.45) is 6.63. The predicted octanol–water partition coefficient (Wildman–Crippen LogP) is 3.94. The lowest BCUT2D eigenvalue weighted by Crippen LogP contribution is -2.12. The molecular formula is C20H14ClN5O2S. The van der Waals surface area contributed by atoms with E-state index in [0.29, 0.717) is 10.9 Å². The minimum atomic E-state index is -3.87. The molecule has 0 spiro atoms. The smallest absolute Gasteiger partial charge is 0.241 e. The van der Waals surface area contributed by atoms with Gasteiger partial charge in [-0.2, -0.15) is 10.1 Å². The number of hydrogen-bond acceptors (Lipinski definition) is 5. The maximum absolute atomic E-state index is 13.3. The zero-order chi connectivity index (χ0) is 20.2. The van der Waals surface area contributed by atoms with Crippen LogP contribution >= 0.6 is 11.6 Å². The molecule has 144 valence electrons. The molecule has 29 heavy (non-hydrogen) atoms. The lowest BCUT2D eigenvalue weighted by molar-refractivity contribution is 0.589. The molecule has 0 aliphatic carbocycles. The third-order valence-electron chi connectivity index (χ3n) is 4.77. The Kier molecular flexibility index (Phi) is 3.94. The molecule has 4 aromatic heterocycles. The van der Waals surface area contributed by atoms with E-state index in [0.717, 1.165) is 20.6 Å². The molecule has 0 atom stereocenters. The zero-order valence-electron chi connectivity index (χ0n) is 15.2. The van der Waals surface area contributed by atoms with Crippen molar-refractivity contribution in [2.75, 3.05) is 0 Å². The van der Waals surface area contributed by atoms with Crippen LogP contribution in [0.4, 0.5) is 0 Å². The lowest BCUT2D eigenvalue weighted by atomic mass is 10.1. The van der Waals surface area contributed by atoms with Crippen LogP contribution in [0.2, 0.25) is 5.28 Å². The molecule has 0 N–H and O–H groups in total. The SMILES string of the molecule is Cc1ccc(S(=O)(=O)n2cc(-c3ccn4nccc4c3)c3cnc(Cl)nc32)cc1. The second-order valence-electron chi connectivity index (χ2n) is 6.65. The molecular weight excluding hydrogens is 410 g/mol. The van der Waals surface area contributed by atoms with Crippen molar-refractivity contribution >= 4 is 38.2 Å². The van der Waals surface area contributed by atoms with Crippen molar-refractivity contribution in [2.45, 2.75) is 11.8 Å². The Labute approximate surface area is 171 Å². The third kappa shape index (κ3) is 2.88. The summed E-state index contributed by atoms with van der Waals surface area (Å²) < 4.78 is 29.6. The molecule has 0 saturated carbocycles. The van der Waals surface area contributed by atoms with E-state index in [2.05, 4.69) is 15.1 Å². The summed E-state index contributed by atoms with van der Waals surface area (Å²) in [7, 11) is -3.87. The van der Waals surface area contributed by atoms with Crippen molar-refractivity contribution in [2.24, 2.45) is 0 Å². The van der Waals surface area contributed by atoms with Gasteiger partial charge in [0, 0.05) is 35.7 Å². The highest BCUT2D eigenvalue weighted by Gasteiger charge is 2.23. The van der Waals surface area contributed by atoms with Crippen LogP contribution in [0.3, 0.4) is 0 Å². The number of halogens is 1. The summed E-state index contributed by atoms with van der Waals surface area (Å²) in [4.78, 5) is 8.43. The van der Waals surface area contributed by atoms with Crippen LogP contribution in [0.1, 0.15) is 5.56 Å². The zero-order valence-corrected chi connectivity index (χ0v) is 16.8. The van der Waals surface area contributed by atoms with Gasteiger partial charge in [-0.25, -0.2) is 21.9 Å². The van der Waals surface area contributed by atoms with Crippen LogP contribution < -0.4 is 0 Å². The first-order valence-electron chi connectivity index (χ1n) is 8.73. The lowest BCUT2D eigenvalue weighted by Gasteiger charge is -2.07. The molecule has 0 saturated heterocycles. The first kappa shape index (κ1) is 17.8. The Morgan fingerprint density at radius 2 is 1.86 bits per heavy atom. The van der Waals surface area contributed by atoms with E-state index < -0.39 is 10.0 Å². The summed E-state index contributed by atoms with van der Waals surface area (Å²) in [6, 6.07) is 12.4. The van der Waals surface area contributed by atoms with E-state index in [9.17, 15) is 8.42 Å². The highest BCUT2D eigenvalue weighted by molar-refractivity contribution is 7.90. The van der Waals surface area contributed by atoms with Gasteiger partial charge in [0.15, 0.2) is 5.65 Å². The predicted molar refractivity (Wildman–Crippen MR) is 110 cm³/mol. The molecule has 0 bridgehead atoms. The van der Waals surface area contributed by atoms with Crippen LogP contribution in [0, 0.1) is 6.92 Å². The van der Waals surface area contributed by atoms with Crippen molar-refractivity contribution in [3.8, 4) is 11.1 Å². The number of aromatic nitrogens is 5. The topological polar surface area (TPSA) is 82.2 Å². The number of rotatable bonds is 3. The number of aryl methyl sites for hydroxylation is 1. The largest absolute Gasteiger partial charge is 0.269 e. The van der Waals surface area contributed by atoms with Crippen molar-refractivity contribution < 1.29 is 8.42 Å². The number of pyridine rings is 1. The quantitative estimate of drug-likeness (QED) is 0.410. The molecule has 1 aromatic carbocycles. The van der Waals surface area contributed by atoms with Crippen LogP contribution in [-0.4, -0.2) is 32.0 Å². The molecule has 0 unspecified atom stereocenters. The van der Waals surface area contributed by atoms with Gasteiger partial charge in [-0.3, -0.25) is 0 Å². The molecule has 9 heteroatoms. The molecule has 0 aliphatic heterocycles. The maximum Gasteiger partial charge on any atom is 0.269 e. The second kappa shape index (κ2) is 6.40. The van der Waals surface area contributed by atoms with Crippen molar-refractivity contribution in [1.29, 1.82) is 0 Å². The normalized spacial score (nSPS) is 12.1. The number of benzene rings is 1. The van der Waals surface area contributed by atoms with Crippen LogP contribution in [-0.2, 0) is 10.0 Å². The Bertz CT molecular complexity index is 1490. The van der Waals surface area contributed by atoms with E-state index in [1.165, 1.54) is 0 Å². The van der Waals surface area contributed by atoms with E-state index in [4.69, 9.17) is 11.6 Å². The van der Waals surface area contributed by atoms with E-state index in [-0.39, 0.29) is 15.8 Å². The Balaban J connectivity index is 1.78. The van der Waals surface area contributed by atoms with E-state index in [1.54, 1.807) is 47.4 Å². The van der Waals surface area contributed by atoms with E-state index >= 15 is 0 Å². The summed E-state index contributed by atoms with van der Waals surface area (Å²) in [5.41, 5.74) is 3.61. The molecule has 0 fully saturated rings.